The van der Waals surface area contributed by atoms with Crippen LogP contribution in [0.15, 0.2) is 12.2 Å². The van der Waals surface area contributed by atoms with Gasteiger partial charge in [0.1, 0.15) is 12.1 Å². The van der Waals surface area contributed by atoms with E-state index in [0.29, 0.717) is 19.3 Å². The van der Waals surface area contributed by atoms with E-state index in [9.17, 15) is 19.2 Å². The molecule has 9 heteroatoms. The predicted molar refractivity (Wildman–Crippen MR) is 204 cm³/mol. The number of allylic oxidation sites excluding steroid dienone is 2. The quantitative estimate of drug-likeness (QED) is 0.0286. The van der Waals surface area contributed by atoms with Crippen molar-refractivity contribution in [3.8, 4) is 0 Å². The second kappa shape index (κ2) is 36.4. The first-order valence-electron chi connectivity index (χ1n) is 20.6. The summed E-state index contributed by atoms with van der Waals surface area (Å²) in [6.45, 7) is 3.46. The summed E-state index contributed by atoms with van der Waals surface area (Å²) in [5, 5.41) is 22.5. The number of aliphatic hydroxyl groups is 1. The first-order valence-corrected chi connectivity index (χ1v) is 20.6. The number of carbonyl (C=O) groups is 4. The van der Waals surface area contributed by atoms with Crippen LogP contribution in [0.25, 0.3) is 0 Å². The zero-order valence-electron chi connectivity index (χ0n) is 32.2. The highest BCUT2D eigenvalue weighted by molar-refractivity contribution is 5.87. The van der Waals surface area contributed by atoms with Gasteiger partial charge in [0.05, 0.1) is 13.2 Å². The van der Waals surface area contributed by atoms with E-state index in [2.05, 4.69) is 36.6 Å². The fraction of sp³-hybridized carbons (Fsp3) is 0.854. The Kier molecular flexibility index (Phi) is 34.6. The summed E-state index contributed by atoms with van der Waals surface area (Å²) >= 11 is 0. The number of hydrogen-bond acceptors (Lipinski definition) is 6. The van der Waals surface area contributed by atoms with Crippen LogP contribution in [-0.2, 0) is 23.9 Å². The normalized spacial score (nSPS) is 12.5. The van der Waals surface area contributed by atoms with E-state index < -0.39 is 24.5 Å². The van der Waals surface area contributed by atoms with Crippen LogP contribution >= 0.6 is 0 Å². The Bertz CT molecular complexity index is 864. The molecule has 0 aliphatic heterocycles. The van der Waals surface area contributed by atoms with Crippen LogP contribution in [0.1, 0.15) is 200 Å². The van der Waals surface area contributed by atoms with Crippen molar-refractivity contribution >= 4 is 23.8 Å². The van der Waals surface area contributed by atoms with Crippen molar-refractivity contribution in [1.29, 1.82) is 0 Å². The van der Waals surface area contributed by atoms with E-state index in [1.807, 2.05) is 0 Å². The number of aliphatic hydroxyl groups excluding tert-OH is 1. The summed E-state index contributed by atoms with van der Waals surface area (Å²) in [4.78, 5) is 47.4. The van der Waals surface area contributed by atoms with Crippen molar-refractivity contribution in [1.82, 2.24) is 10.6 Å². The number of rotatable bonds is 37. The topological polar surface area (TPSA) is 142 Å². The Morgan fingerprint density at radius 2 is 1.02 bits per heavy atom. The molecule has 0 bridgehead atoms. The first-order chi connectivity index (χ1) is 24.3. The molecule has 2 unspecified atom stereocenters. The number of carbonyl (C=O) groups excluding carboxylic acids is 3. The van der Waals surface area contributed by atoms with Crippen molar-refractivity contribution in [2.45, 2.75) is 212 Å². The first kappa shape index (κ1) is 47.6. The molecule has 0 saturated heterocycles. The van der Waals surface area contributed by atoms with Gasteiger partial charge in [-0.1, -0.05) is 135 Å². The van der Waals surface area contributed by atoms with E-state index in [1.54, 1.807) is 0 Å². The van der Waals surface area contributed by atoms with Crippen LogP contribution in [0.3, 0.4) is 0 Å². The summed E-state index contributed by atoms with van der Waals surface area (Å²) in [6.07, 6.45) is 36.7. The highest BCUT2D eigenvalue weighted by Gasteiger charge is 2.19. The molecule has 4 N–H and O–H groups in total. The number of nitrogens with one attached hydrogen (secondary N) is 2. The molecule has 2 atom stereocenters. The SMILES string of the molecule is CCCCCCC/C=C\CCCCCCCC(=O)OC(CCCCCCCCCC)CCCCCCCC(=O)NCC(=O)NC(CO)C(=O)O. The summed E-state index contributed by atoms with van der Waals surface area (Å²) < 4.78 is 5.99. The highest BCUT2D eigenvalue weighted by atomic mass is 16.5. The number of carboxylic acid groups (broad SMARTS) is 1. The molecule has 0 spiro atoms. The van der Waals surface area contributed by atoms with Crippen LogP contribution in [0.2, 0.25) is 0 Å². The Morgan fingerprint density at radius 1 is 0.580 bits per heavy atom. The van der Waals surface area contributed by atoms with Gasteiger partial charge in [-0.2, -0.15) is 0 Å². The lowest BCUT2D eigenvalue weighted by Crippen LogP contribution is -2.47. The summed E-state index contributed by atoms with van der Waals surface area (Å²) in [5.41, 5.74) is 0. The largest absolute Gasteiger partial charge is 0.480 e. The van der Waals surface area contributed by atoms with Crippen molar-refractivity contribution < 1.29 is 34.1 Å². The van der Waals surface area contributed by atoms with Gasteiger partial charge in [0.2, 0.25) is 11.8 Å². The Hall–Kier alpha value is -2.42. The van der Waals surface area contributed by atoms with Gasteiger partial charge in [-0.05, 0) is 64.2 Å². The minimum absolute atomic E-state index is 0.00972. The smallest absolute Gasteiger partial charge is 0.328 e. The highest BCUT2D eigenvalue weighted by Crippen LogP contribution is 2.19. The molecule has 0 aromatic carbocycles. The molecule has 0 heterocycles. The van der Waals surface area contributed by atoms with Gasteiger partial charge < -0.3 is 25.6 Å². The lowest BCUT2D eigenvalue weighted by atomic mass is 10.0. The van der Waals surface area contributed by atoms with Gasteiger partial charge in [0.15, 0.2) is 0 Å². The van der Waals surface area contributed by atoms with Gasteiger partial charge in [-0.3, -0.25) is 14.4 Å². The molecule has 0 aromatic heterocycles. The molecule has 0 aliphatic rings. The maximum Gasteiger partial charge on any atom is 0.328 e. The van der Waals surface area contributed by atoms with E-state index >= 15 is 0 Å². The number of carboxylic acids is 1. The second-order valence-corrected chi connectivity index (χ2v) is 14.1. The van der Waals surface area contributed by atoms with Crippen molar-refractivity contribution in [2.24, 2.45) is 0 Å². The molecular formula is C41H76N2O7. The fourth-order valence-electron chi connectivity index (χ4n) is 6.06. The molecule has 0 aromatic rings. The zero-order valence-corrected chi connectivity index (χ0v) is 32.2. The number of amides is 2. The number of ether oxygens (including phenoxy) is 1. The fourth-order valence-corrected chi connectivity index (χ4v) is 6.06. The monoisotopic (exact) mass is 709 g/mol. The molecule has 0 fully saturated rings. The third-order valence-corrected chi connectivity index (χ3v) is 9.26. The van der Waals surface area contributed by atoms with Crippen LogP contribution in [0, 0.1) is 0 Å². The van der Waals surface area contributed by atoms with Gasteiger partial charge in [-0.25, -0.2) is 4.79 Å². The summed E-state index contributed by atoms with van der Waals surface area (Å²) in [7, 11) is 0. The average Bonchev–Trinajstić information content (AvgIpc) is 3.10. The minimum atomic E-state index is -1.38. The van der Waals surface area contributed by atoms with E-state index in [0.717, 1.165) is 64.2 Å². The molecule has 292 valence electrons. The van der Waals surface area contributed by atoms with Gasteiger partial charge in [-0.15, -0.1) is 0 Å². The standard InChI is InChI=1S/C41H76N2O7/c1-3-5-7-9-11-13-14-15-16-17-18-20-25-29-33-40(47)50-36(30-26-22-19-12-10-8-6-4-2)31-27-23-21-24-28-32-38(45)42-34-39(46)43-37(35-44)41(48)49/h14-15,36-37,44H,3-13,16-35H2,1-2H3,(H,42,45)(H,43,46)(H,48,49)/b15-14-. The molecule has 0 aliphatic carbocycles. The van der Waals surface area contributed by atoms with E-state index in [4.69, 9.17) is 14.9 Å². The molecule has 0 radical (unpaired) electrons. The predicted octanol–water partition coefficient (Wildman–Crippen LogP) is 9.49. The number of esters is 1. The van der Waals surface area contributed by atoms with Gasteiger partial charge in [0, 0.05) is 12.8 Å². The van der Waals surface area contributed by atoms with Crippen molar-refractivity contribution in [3.05, 3.63) is 12.2 Å². The van der Waals surface area contributed by atoms with Gasteiger partial charge in [0.25, 0.3) is 0 Å². The summed E-state index contributed by atoms with van der Waals surface area (Å²) in [6, 6.07) is -1.38. The summed E-state index contributed by atoms with van der Waals surface area (Å²) in [5.74, 6) is -2.29. The Labute approximate surface area is 305 Å². The molecule has 50 heavy (non-hydrogen) atoms. The van der Waals surface area contributed by atoms with E-state index in [-0.39, 0.29) is 24.5 Å². The minimum Gasteiger partial charge on any atom is -0.480 e. The maximum absolute atomic E-state index is 12.7. The van der Waals surface area contributed by atoms with Crippen molar-refractivity contribution in [2.75, 3.05) is 13.2 Å². The van der Waals surface area contributed by atoms with Gasteiger partial charge >= 0.3 is 11.9 Å². The van der Waals surface area contributed by atoms with Crippen LogP contribution < -0.4 is 10.6 Å². The number of hydrogen-bond donors (Lipinski definition) is 4. The molecule has 2 amide bonds. The van der Waals surface area contributed by atoms with Crippen LogP contribution in [-0.4, -0.2) is 59.3 Å². The lowest BCUT2D eigenvalue weighted by molar-refractivity contribution is -0.150. The van der Waals surface area contributed by atoms with Crippen LogP contribution in [0.4, 0.5) is 0 Å². The zero-order chi connectivity index (χ0) is 36.9. The Morgan fingerprint density at radius 3 is 1.50 bits per heavy atom. The van der Waals surface area contributed by atoms with Crippen LogP contribution in [0.5, 0.6) is 0 Å². The lowest BCUT2D eigenvalue weighted by Gasteiger charge is -2.18. The Balaban J connectivity index is 4.22. The number of aliphatic carboxylic acids is 1. The second-order valence-electron chi connectivity index (χ2n) is 14.1. The number of unbranched alkanes of at least 4 members (excludes halogenated alkanes) is 21. The third kappa shape index (κ3) is 32.8. The maximum atomic E-state index is 12.7. The van der Waals surface area contributed by atoms with Crippen molar-refractivity contribution in [3.63, 3.8) is 0 Å². The molecule has 0 rings (SSSR count). The molecular weight excluding hydrogens is 632 g/mol. The average molecular weight is 709 g/mol. The third-order valence-electron chi connectivity index (χ3n) is 9.26. The molecule has 9 nitrogen and oxygen atoms in total. The van der Waals surface area contributed by atoms with E-state index in [1.165, 1.54) is 103 Å². The molecule has 0 saturated carbocycles.